The van der Waals surface area contributed by atoms with Crippen molar-refractivity contribution in [3.05, 3.63) is 0 Å². The van der Waals surface area contributed by atoms with E-state index in [-0.39, 0.29) is 17.9 Å². The Morgan fingerprint density at radius 2 is 2.00 bits per heavy atom. The largest absolute Gasteiger partial charge is 0.483 e. The van der Waals surface area contributed by atoms with Crippen LogP contribution in [0.3, 0.4) is 0 Å². The Balaban J connectivity index is 0.000000770. The maximum absolute atomic E-state index is 11.7. The molecule has 17 heavy (non-hydrogen) atoms. The van der Waals surface area contributed by atoms with Crippen LogP contribution in [0.2, 0.25) is 0 Å². The molecule has 0 aliphatic heterocycles. The van der Waals surface area contributed by atoms with Crippen LogP contribution in [0, 0.1) is 11.3 Å². The molecule has 0 heterocycles. The van der Waals surface area contributed by atoms with Crippen molar-refractivity contribution in [1.82, 2.24) is 0 Å². The van der Waals surface area contributed by atoms with E-state index in [0.29, 0.717) is 5.88 Å². The van der Waals surface area contributed by atoms with Crippen molar-refractivity contribution < 1.29 is 19.4 Å². The molecule has 0 saturated heterocycles. The van der Waals surface area contributed by atoms with E-state index >= 15 is 0 Å². The standard InChI is InChI=1S/C11H19ClO2.CH2O2/c1-9-3-5-11(6-4-9,7-8-12)10(13)14-2;2-1-3/h9H,3-8H2,1-2H3;1H,(H,2,3). The average Bonchev–Trinajstić information content (AvgIpc) is 2.33. The van der Waals surface area contributed by atoms with E-state index in [2.05, 4.69) is 6.92 Å². The number of hydrogen-bond acceptors (Lipinski definition) is 3. The molecule has 0 aromatic heterocycles. The van der Waals surface area contributed by atoms with E-state index in [1.54, 1.807) is 0 Å². The summed E-state index contributed by atoms with van der Waals surface area (Å²) in [6.07, 6.45) is 4.87. The van der Waals surface area contributed by atoms with Crippen molar-refractivity contribution in [2.45, 2.75) is 39.0 Å². The molecule has 1 fully saturated rings. The molecule has 0 radical (unpaired) electrons. The predicted octanol–water partition coefficient (Wildman–Crippen LogP) is 2.69. The average molecular weight is 265 g/mol. The van der Waals surface area contributed by atoms with Gasteiger partial charge >= 0.3 is 5.97 Å². The second kappa shape index (κ2) is 8.34. The Hall–Kier alpha value is -0.770. The number of carboxylic acid groups (broad SMARTS) is 1. The normalized spacial score (nSPS) is 27.6. The fourth-order valence-electron chi connectivity index (χ4n) is 2.27. The Labute approximate surface area is 107 Å². The van der Waals surface area contributed by atoms with Crippen LogP contribution in [0.25, 0.3) is 0 Å². The third kappa shape index (κ3) is 4.94. The molecular formula is C12H21ClO4. The molecule has 0 unspecified atom stereocenters. The summed E-state index contributed by atoms with van der Waals surface area (Å²) < 4.78 is 4.88. The Kier molecular flexibility index (Phi) is 7.96. The molecule has 0 aromatic rings. The number of carbonyl (C=O) groups excluding carboxylic acids is 1. The summed E-state index contributed by atoms with van der Waals surface area (Å²) in [4.78, 5) is 20.1. The molecule has 1 N–H and O–H groups in total. The highest BCUT2D eigenvalue weighted by Gasteiger charge is 2.41. The summed E-state index contributed by atoms with van der Waals surface area (Å²) >= 11 is 5.75. The summed E-state index contributed by atoms with van der Waals surface area (Å²) in [6.45, 7) is 1.99. The van der Waals surface area contributed by atoms with E-state index in [9.17, 15) is 4.79 Å². The highest BCUT2D eigenvalue weighted by molar-refractivity contribution is 6.18. The van der Waals surface area contributed by atoms with Gasteiger partial charge in [-0.3, -0.25) is 9.59 Å². The SMILES string of the molecule is COC(=O)C1(CCCl)CCC(C)CC1.O=CO. The first-order valence-electron chi connectivity index (χ1n) is 5.78. The zero-order valence-electron chi connectivity index (χ0n) is 10.4. The first kappa shape index (κ1) is 16.2. The van der Waals surface area contributed by atoms with Crippen molar-refractivity contribution >= 4 is 24.0 Å². The van der Waals surface area contributed by atoms with Crippen LogP contribution in [0.1, 0.15) is 39.0 Å². The zero-order chi connectivity index (χ0) is 13.3. The molecule has 0 spiro atoms. The van der Waals surface area contributed by atoms with Crippen LogP contribution in [0.5, 0.6) is 0 Å². The van der Waals surface area contributed by atoms with Gasteiger partial charge in [0.15, 0.2) is 0 Å². The summed E-state index contributed by atoms with van der Waals surface area (Å²) in [5, 5.41) is 6.89. The quantitative estimate of drug-likeness (QED) is 0.484. The number of alkyl halides is 1. The number of hydrogen-bond donors (Lipinski definition) is 1. The van der Waals surface area contributed by atoms with E-state index in [1.165, 1.54) is 7.11 Å². The third-order valence-electron chi connectivity index (χ3n) is 3.42. The van der Waals surface area contributed by atoms with Crippen molar-refractivity contribution in [2.24, 2.45) is 11.3 Å². The van der Waals surface area contributed by atoms with Crippen molar-refractivity contribution in [3.8, 4) is 0 Å². The van der Waals surface area contributed by atoms with Gasteiger partial charge in [-0.2, -0.15) is 0 Å². The number of rotatable bonds is 3. The second-order valence-electron chi connectivity index (χ2n) is 4.50. The van der Waals surface area contributed by atoms with Crippen LogP contribution in [-0.4, -0.2) is 30.5 Å². The van der Waals surface area contributed by atoms with E-state index in [4.69, 9.17) is 26.2 Å². The minimum absolute atomic E-state index is 0.0648. The van der Waals surface area contributed by atoms with Crippen molar-refractivity contribution in [2.75, 3.05) is 13.0 Å². The molecule has 100 valence electrons. The lowest BCUT2D eigenvalue weighted by molar-refractivity contribution is -0.155. The first-order chi connectivity index (χ1) is 8.06. The monoisotopic (exact) mass is 264 g/mol. The van der Waals surface area contributed by atoms with Gasteiger partial charge in [-0.1, -0.05) is 6.92 Å². The van der Waals surface area contributed by atoms with Crippen molar-refractivity contribution in [3.63, 3.8) is 0 Å². The molecule has 0 amide bonds. The fraction of sp³-hybridized carbons (Fsp3) is 0.833. The van der Waals surface area contributed by atoms with Crippen LogP contribution >= 0.6 is 11.6 Å². The Morgan fingerprint density at radius 3 is 2.35 bits per heavy atom. The van der Waals surface area contributed by atoms with Gasteiger partial charge in [0.05, 0.1) is 12.5 Å². The lowest BCUT2D eigenvalue weighted by atomic mass is 9.69. The van der Waals surface area contributed by atoms with Gasteiger partial charge in [-0.15, -0.1) is 11.6 Å². The molecule has 4 nitrogen and oxygen atoms in total. The van der Waals surface area contributed by atoms with Gasteiger partial charge in [0.1, 0.15) is 0 Å². The Morgan fingerprint density at radius 1 is 1.53 bits per heavy atom. The fourth-order valence-corrected chi connectivity index (χ4v) is 2.63. The molecule has 5 heteroatoms. The van der Waals surface area contributed by atoms with Crippen LogP contribution < -0.4 is 0 Å². The lowest BCUT2D eigenvalue weighted by Gasteiger charge is -2.36. The van der Waals surface area contributed by atoms with E-state index in [1.807, 2.05) is 0 Å². The van der Waals surface area contributed by atoms with Gasteiger partial charge in [0.2, 0.25) is 0 Å². The topological polar surface area (TPSA) is 63.6 Å². The van der Waals surface area contributed by atoms with E-state index in [0.717, 1.165) is 38.0 Å². The number of carbonyl (C=O) groups is 2. The number of halogens is 1. The van der Waals surface area contributed by atoms with Gasteiger partial charge < -0.3 is 9.84 Å². The molecule has 0 atom stereocenters. The van der Waals surface area contributed by atoms with Crippen LogP contribution in [0.15, 0.2) is 0 Å². The van der Waals surface area contributed by atoms with E-state index < -0.39 is 0 Å². The van der Waals surface area contributed by atoms with Gasteiger partial charge in [-0.05, 0) is 38.0 Å². The highest BCUT2D eigenvalue weighted by Crippen LogP contribution is 2.42. The van der Waals surface area contributed by atoms with Gasteiger partial charge in [-0.25, -0.2) is 0 Å². The van der Waals surface area contributed by atoms with Crippen molar-refractivity contribution in [1.29, 1.82) is 0 Å². The maximum Gasteiger partial charge on any atom is 0.311 e. The summed E-state index contributed by atoms with van der Waals surface area (Å²) in [6, 6.07) is 0. The number of esters is 1. The van der Waals surface area contributed by atoms with Crippen LogP contribution in [0.4, 0.5) is 0 Å². The molecule has 1 aliphatic rings. The van der Waals surface area contributed by atoms with Gasteiger partial charge in [0.25, 0.3) is 6.47 Å². The number of methoxy groups -OCH3 is 1. The lowest BCUT2D eigenvalue weighted by Crippen LogP contribution is -2.36. The minimum atomic E-state index is -0.275. The molecule has 1 aliphatic carbocycles. The van der Waals surface area contributed by atoms with Crippen LogP contribution in [-0.2, 0) is 14.3 Å². The summed E-state index contributed by atoms with van der Waals surface area (Å²) in [7, 11) is 1.47. The predicted molar refractivity (Wildman–Crippen MR) is 66.1 cm³/mol. The molecule has 0 bridgehead atoms. The second-order valence-corrected chi connectivity index (χ2v) is 4.88. The highest BCUT2D eigenvalue weighted by atomic mass is 35.5. The zero-order valence-corrected chi connectivity index (χ0v) is 11.2. The Bertz CT molecular complexity index is 235. The minimum Gasteiger partial charge on any atom is -0.483 e. The molecule has 1 rings (SSSR count). The molecule has 1 saturated carbocycles. The maximum atomic E-state index is 11.7. The number of ether oxygens (including phenoxy) is 1. The third-order valence-corrected chi connectivity index (χ3v) is 3.61. The van der Waals surface area contributed by atoms with Gasteiger partial charge in [0, 0.05) is 5.88 Å². The summed E-state index contributed by atoms with van der Waals surface area (Å²) in [5.41, 5.74) is -0.275. The summed E-state index contributed by atoms with van der Waals surface area (Å²) in [5.74, 6) is 1.22. The first-order valence-corrected chi connectivity index (χ1v) is 6.32. The molecule has 0 aromatic carbocycles. The smallest absolute Gasteiger partial charge is 0.311 e. The molecular weight excluding hydrogens is 244 g/mol.